The van der Waals surface area contributed by atoms with Crippen LogP contribution in [0.4, 0.5) is 0 Å². The van der Waals surface area contributed by atoms with E-state index in [-0.39, 0.29) is 5.91 Å². The number of halogens is 2. The summed E-state index contributed by atoms with van der Waals surface area (Å²) in [5.74, 6) is 0.137. The summed E-state index contributed by atoms with van der Waals surface area (Å²) in [5, 5.41) is 3.34. The summed E-state index contributed by atoms with van der Waals surface area (Å²) >= 11 is 8.44. The van der Waals surface area contributed by atoms with E-state index in [0.717, 1.165) is 45.6 Å². The lowest BCUT2D eigenvalue weighted by molar-refractivity contribution is 0.0656. The Balaban J connectivity index is 2.16. The van der Waals surface area contributed by atoms with Gasteiger partial charge in [0.2, 0.25) is 0 Å². The fourth-order valence-corrected chi connectivity index (χ4v) is 5.10. The third-order valence-corrected chi connectivity index (χ3v) is 5.58. The third kappa shape index (κ3) is 3.15. The normalized spacial score (nSPS) is 16.8. The molecule has 1 N–H and O–H groups in total. The number of rotatable bonds is 3. The van der Waals surface area contributed by atoms with Crippen LogP contribution in [-0.4, -0.2) is 36.5 Å². The number of amides is 1. The summed E-state index contributed by atoms with van der Waals surface area (Å²) < 4.78 is 1.89. The van der Waals surface area contributed by atoms with Crippen molar-refractivity contribution in [3.8, 4) is 0 Å². The molecule has 1 aliphatic heterocycles. The van der Waals surface area contributed by atoms with Gasteiger partial charge in [-0.25, -0.2) is 0 Å². The molecule has 0 atom stereocenters. The number of nitrogens with zero attached hydrogens (tertiary/aromatic N) is 1. The smallest absolute Gasteiger partial charge is 0.256 e. The highest BCUT2D eigenvalue weighted by molar-refractivity contribution is 9.12. The fraction of sp³-hybridized carbons (Fsp3) is 0.583. The average molecular weight is 396 g/mol. The second-order valence-electron chi connectivity index (χ2n) is 4.31. The number of piperidine rings is 1. The second kappa shape index (κ2) is 6.50. The molecule has 1 aromatic heterocycles. The van der Waals surface area contributed by atoms with Gasteiger partial charge >= 0.3 is 0 Å². The van der Waals surface area contributed by atoms with E-state index in [0.29, 0.717) is 6.04 Å². The van der Waals surface area contributed by atoms with Crippen molar-refractivity contribution in [3.05, 3.63) is 19.2 Å². The molecule has 1 saturated heterocycles. The lowest BCUT2D eigenvalue weighted by Gasteiger charge is -2.33. The molecule has 1 amide bonds. The maximum atomic E-state index is 12.6. The van der Waals surface area contributed by atoms with Gasteiger partial charge in [-0.1, -0.05) is 0 Å². The molecule has 0 saturated carbocycles. The quantitative estimate of drug-likeness (QED) is 0.849. The summed E-state index contributed by atoms with van der Waals surface area (Å²) in [5.41, 5.74) is 0.771. The van der Waals surface area contributed by atoms with Gasteiger partial charge in [0.15, 0.2) is 0 Å². The molecule has 2 heterocycles. The van der Waals surface area contributed by atoms with Gasteiger partial charge in [0.1, 0.15) is 0 Å². The molecule has 1 fully saturated rings. The molecule has 0 aliphatic carbocycles. The lowest BCUT2D eigenvalue weighted by atomic mass is 10.0. The van der Waals surface area contributed by atoms with Crippen molar-refractivity contribution < 1.29 is 4.79 Å². The summed E-state index contributed by atoms with van der Waals surface area (Å²) in [6.45, 7) is 4.82. The molecule has 100 valence electrons. The number of carbonyl (C=O) groups is 1. The minimum atomic E-state index is 0.137. The number of carbonyl (C=O) groups excluding carboxylic acids is 1. The second-order valence-corrected chi connectivity index (χ2v) is 8.06. The number of hydrogen-bond donors (Lipinski definition) is 1. The monoisotopic (exact) mass is 394 g/mol. The van der Waals surface area contributed by atoms with Crippen LogP contribution < -0.4 is 5.32 Å². The van der Waals surface area contributed by atoms with Crippen molar-refractivity contribution in [2.45, 2.75) is 25.8 Å². The van der Waals surface area contributed by atoms with Gasteiger partial charge in [-0.2, -0.15) is 0 Å². The Morgan fingerprint density at radius 2 is 2.17 bits per heavy atom. The Morgan fingerprint density at radius 1 is 1.50 bits per heavy atom. The third-order valence-electron chi connectivity index (χ3n) is 3.24. The Kier molecular flexibility index (Phi) is 5.24. The fourth-order valence-electron chi connectivity index (χ4n) is 2.33. The van der Waals surface area contributed by atoms with Crippen molar-refractivity contribution in [1.29, 1.82) is 0 Å². The highest BCUT2D eigenvalue weighted by Crippen LogP contribution is 2.33. The summed E-state index contributed by atoms with van der Waals surface area (Å²) in [4.78, 5) is 14.6. The predicted molar refractivity (Wildman–Crippen MR) is 82.3 cm³/mol. The number of thiophene rings is 1. The van der Waals surface area contributed by atoms with E-state index in [2.05, 4.69) is 44.1 Å². The van der Waals surface area contributed by atoms with Gasteiger partial charge in [0.05, 0.1) is 13.1 Å². The van der Waals surface area contributed by atoms with E-state index >= 15 is 0 Å². The SMILES string of the molecule is CCN(C(=O)c1cc(Br)sc1Br)C1CCNCC1. The van der Waals surface area contributed by atoms with Crippen LogP contribution in [0.1, 0.15) is 30.1 Å². The Morgan fingerprint density at radius 3 is 2.67 bits per heavy atom. The zero-order valence-corrected chi connectivity index (χ0v) is 14.2. The first kappa shape index (κ1) is 14.5. The summed E-state index contributed by atoms with van der Waals surface area (Å²) in [6, 6.07) is 2.27. The largest absolute Gasteiger partial charge is 0.336 e. The zero-order chi connectivity index (χ0) is 13.1. The molecule has 6 heteroatoms. The van der Waals surface area contributed by atoms with E-state index in [1.165, 1.54) is 0 Å². The van der Waals surface area contributed by atoms with Crippen molar-refractivity contribution in [3.63, 3.8) is 0 Å². The molecule has 0 aromatic carbocycles. The van der Waals surface area contributed by atoms with Gasteiger partial charge in [0.25, 0.3) is 5.91 Å². The van der Waals surface area contributed by atoms with Gasteiger partial charge in [0, 0.05) is 12.6 Å². The average Bonchev–Trinajstić information content (AvgIpc) is 2.70. The first-order valence-electron chi connectivity index (χ1n) is 6.10. The zero-order valence-electron chi connectivity index (χ0n) is 10.2. The highest BCUT2D eigenvalue weighted by atomic mass is 79.9. The maximum Gasteiger partial charge on any atom is 0.256 e. The highest BCUT2D eigenvalue weighted by Gasteiger charge is 2.26. The van der Waals surface area contributed by atoms with Gasteiger partial charge in [-0.3, -0.25) is 4.79 Å². The Hall–Kier alpha value is 0.0900. The van der Waals surface area contributed by atoms with E-state index in [9.17, 15) is 4.79 Å². The Labute approximate surface area is 128 Å². The topological polar surface area (TPSA) is 32.3 Å². The van der Waals surface area contributed by atoms with Crippen LogP contribution in [0.3, 0.4) is 0 Å². The first-order valence-corrected chi connectivity index (χ1v) is 8.50. The number of nitrogens with one attached hydrogen (secondary N) is 1. The van der Waals surface area contributed by atoms with E-state index < -0.39 is 0 Å². The molecule has 1 aliphatic rings. The molecule has 0 spiro atoms. The Bertz CT molecular complexity index is 430. The minimum Gasteiger partial charge on any atom is -0.336 e. The van der Waals surface area contributed by atoms with Crippen LogP contribution in [0.2, 0.25) is 0 Å². The van der Waals surface area contributed by atoms with Crippen molar-refractivity contribution >= 4 is 49.1 Å². The molecule has 2 rings (SSSR count). The van der Waals surface area contributed by atoms with E-state index in [1.54, 1.807) is 11.3 Å². The molecule has 3 nitrogen and oxygen atoms in total. The summed E-state index contributed by atoms with van der Waals surface area (Å²) in [7, 11) is 0. The molecule has 18 heavy (non-hydrogen) atoms. The molecule has 0 radical (unpaired) electrons. The van der Waals surface area contributed by atoms with E-state index in [4.69, 9.17) is 0 Å². The van der Waals surface area contributed by atoms with Crippen LogP contribution in [0.15, 0.2) is 13.6 Å². The molecule has 0 unspecified atom stereocenters. The number of hydrogen-bond acceptors (Lipinski definition) is 3. The van der Waals surface area contributed by atoms with Gasteiger partial charge in [-0.05, 0) is 70.8 Å². The summed E-state index contributed by atoms with van der Waals surface area (Å²) in [6.07, 6.45) is 2.09. The van der Waals surface area contributed by atoms with Gasteiger partial charge in [-0.15, -0.1) is 11.3 Å². The first-order chi connectivity index (χ1) is 8.63. The van der Waals surface area contributed by atoms with Crippen molar-refractivity contribution in [2.75, 3.05) is 19.6 Å². The van der Waals surface area contributed by atoms with Crippen molar-refractivity contribution in [1.82, 2.24) is 10.2 Å². The maximum absolute atomic E-state index is 12.6. The van der Waals surface area contributed by atoms with E-state index in [1.807, 2.05) is 11.0 Å². The van der Waals surface area contributed by atoms with Gasteiger partial charge < -0.3 is 10.2 Å². The molecule has 0 bridgehead atoms. The van der Waals surface area contributed by atoms with Crippen LogP contribution in [0.5, 0.6) is 0 Å². The molecule has 1 aromatic rings. The molecular weight excluding hydrogens is 380 g/mol. The lowest BCUT2D eigenvalue weighted by Crippen LogP contribution is -2.46. The van der Waals surface area contributed by atoms with Crippen LogP contribution in [0.25, 0.3) is 0 Å². The van der Waals surface area contributed by atoms with Crippen molar-refractivity contribution in [2.24, 2.45) is 0 Å². The molecular formula is C12H16Br2N2OS. The van der Waals surface area contributed by atoms with Crippen LogP contribution in [-0.2, 0) is 0 Å². The van der Waals surface area contributed by atoms with Crippen LogP contribution in [0, 0.1) is 0 Å². The predicted octanol–water partition coefficient (Wildman–Crippen LogP) is 3.49. The van der Waals surface area contributed by atoms with Crippen LogP contribution >= 0.6 is 43.2 Å². The minimum absolute atomic E-state index is 0.137. The standard InChI is InChI=1S/C12H16Br2N2OS/c1-2-16(8-3-5-15-6-4-8)12(17)9-7-10(13)18-11(9)14/h7-8,15H,2-6H2,1H3.